The minimum Gasteiger partial charge on any atom is -0.0701 e. The minimum absolute atomic E-state index is 1.01. The summed E-state index contributed by atoms with van der Waals surface area (Å²) >= 11 is 0. The van der Waals surface area contributed by atoms with Gasteiger partial charge in [-0.3, -0.25) is 0 Å². The van der Waals surface area contributed by atoms with E-state index >= 15 is 0 Å². The van der Waals surface area contributed by atoms with E-state index < -0.39 is 0 Å². The molecule has 1 fully saturated rings. The molecule has 0 bridgehead atoms. The van der Waals surface area contributed by atoms with Gasteiger partial charge in [0.15, 0.2) is 0 Å². The molecule has 0 heterocycles. The van der Waals surface area contributed by atoms with Gasteiger partial charge in [0.2, 0.25) is 0 Å². The normalized spacial score (nSPS) is 39.5. The van der Waals surface area contributed by atoms with Crippen LogP contribution in [0.4, 0.5) is 0 Å². The molecule has 0 spiro atoms. The fourth-order valence-electron chi connectivity index (χ4n) is 1.74. The molecule has 2 unspecified atom stereocenters. The Balaban J connectivity index is 2.23. The van der Waals surface area contributed by atoms with E-state index in [4.69, 9.17) is 0 Å². The van der Waals surface area contributed by atoms with Crippen LogP contribution in [0.2, 0.25) is 11.6 Å². The minimum atomic E-state index is 1.01. The van der Waals surface area contributed by atoms with Crippen LogP contribution in [-0.4, -0.2) is 15.7 Å². The lowest BCUT2D eigenvalue weighted by atomic mass is 9.65. The quantitative estimate of drug-likeness (QED) is 0.394. The maximum Gasteiger partial charge on any atom is 0.105 e. The van der Waals surface area contributed by atoms with Crippen molar-refractivity contribution in [2.24, 2.45) is 0 Å². The van der Waals surface area contributed by atoms with E-state index in [1.807, 2.05) is 0 Å². The third kappa shape index (κ3) is 1.57. The Morgan fingerprint density at radius 1 is 1.00 bits per heavy atom. The SMILES string of the molecule is BC1CCCC(B)C1. The zero-order valence-electron chi connectivity index (χ0n) is 5.98. The van der Waals surface area contributed by atoms with Gasteiger partial charge in [-0.15, -0.1) is 0 Å². The van der Waals surface area contributed by atoms with Gasteiger partial charge in [-0.05, 0) is 0 Å². The van der Waals surface area contributed by atoms with Crippen molar-refractivity contribution >= 4 is 15.7 Å². The fourth-order valence-corrected chi connectivity index (χ4v) is 1.74. The molecule has 1 aliphatic rings. The van der Waals surface area contributed by atoms with Crippen molar-refractivity contribution in [3.8, 4) is 0 Å². The molecule has 1 aliphatic carbocycles. The van der Waals surface area contributed by atoms with Gasteiger partial charge in [0, 0.05) is 0 Å². The van der Waals surface area contributed by atoms with Crippen LogP contribution >= 0.6 is 0 Å². The van der Waals surface area contributed by atoms with Crippen LogP contribution < -0.4 is 0 Å². The molecule has 2 atom stereocenters. The maximum atomic E-state index is 2.37. The second-order valence-corrected chi connectivity index (χ2v) is 3.38. The van der Waals surface area contributed by atoms with Crippen molar-refractivity contribution in [3.63, 3.8) is 0 Å². The fraction of sp³-hybridized carbons (Fsp3) is 1.00. The van der Waals surface area contributed by atoms with Crippen LogP contribution in [0.25, 0.3) is 0 Å². The van der Waals surface area contributed by atoms with Gasteiger partial charge in [-0.1, -0.05) is 37.3 Å². The van der Waals surface area contributed by atoms with Gasteiger partial charge in [-0.25, -0.2) is 0 Å². The first-order valence-corrected chi connectivity index (χ1v) is 3.79. The molecular formula is C6H14B2. The largest absolute Gasteiger partial charge is 0.105 e. The van der Waals surface area contributed by atoms with E-state index in [-0.39, 0.29) is 0 Å². The highest BCUT2D eigenvalue weighted by Crippen LogP contribution is 2.32. The van der Waals surface area contributed by atoms with E-state index in [0.29, 0.717) is 0 Å². The predicted molar refractivity (Wildman–Crippen MR) is 43.1 cm³/mol. The first-order valence-electron chi connectivity index (χ1n) is 3.79. The Morgan fingerprint density at radius 3 is 1.75 bits per heavy atom. The van der Waals surface area contributed by atoms with Crippen molar-refractivity contribution in [3.05, 3.63) is 0 Å². The van der Waals surface area contributed by atoms with Gasteiger partial charge in [0.25, 0.3) is 0 Å². The van der Waals surface area contributed by atoms with Crippen molar-refractivity contribution in [2.45, 2.75) is 37.3 Å². The number of hydrogen-bond acceptors (Lipinski definition) is 0. The molecule has 0 nitrogen and oxygen atoms in total. The van der Waals surface area contributed by atoms with Crippen LogP contribution in [0.3, 0.4) is 0 Å². The molecule has 1 saturated carbocycles. The van der Waals surface area contributed by atoms with Crippen LogP contribution in [0.1, 0.15) is 25.7 Å². The summed E-state index contributed by atoms with van der Waals surface area (Å²) in [6, 6.07) is 0. The summed E-state index contributed by atoms with van der Waals surface area (Å²) in [5.41, 5.74) is 0. The van der Waals surface area contributed by atoms with Gasteiger partial charge >= 0.3 is 0 Å². The summed E-state index contributed by atoms with van der Waals surface area (Å²) in [6.07, 6.45) is 5.90. The standard InChI is InChI=1S/C6H14B2/c7-5-2-1-3-6(8)4-5/h5-6H,1-4,7-8H2. The molecule has 0 aromatic heterocycles. The van der Waals surface area contributed by atoms with Crippen molar-refractivity contribution in [1.29, 1.82) is 0 Å². The average molecular weight is 108 g/mol. The second-order valence-electron chi connectivity index (χ2n) is 3.38. The van der Waals surface area contributed by atoms with E-state index in [9.17, 15) is 0 Å². The lowest BCUT2D eigenvalue weighted by Gasteiger charge is -2.22. The highest BCUT2D eigenvalue weighted by Gasteiger charge is 2.13. The van der Waals surface area contributed by atoms with Gasteiger partial charge < -0.3 is 0 Å². The molecule has 2 heteroatoms. The maximum absolute atomic E-state index is 2.37. The van der Waals surface area contributed by atoms with Crippen LogP contribution in [-0.2, 0) is 0 Å². The van der Waals surface area contributed by atoms with Crippen molar-refractivity contribution < 1.29 is 0 Å². The first kappa shape index (κ1) is 6.25. The Labute approximate surface area is 53.9 Å². The number of rotatable bonds is 0. The Bertz CT molecular complexity index is 64.9. The smallest absolute Gasteiger partial charge is 0.0701 e. The van der Waals surface area contributed by atoms with Gasteiger partial charge in [0.1, 0.15) is 15.7 Å². The zero-order valence-corrected chi connectivity index (χ0v) is 5.98. The highest BCUT2D eigenvalue weighted by molar-refractivity contribution is 6.14. The third-order valence-corrected chi connectivity index (χ3v) is 2.20. The average Bonchev–Trinajstić information content (AvgIpc) is 1.64. The molecule has 0 aliphatic heterocycles. The molecule has 0 N–H and O–H groups in total. The molecule has 0 radical (unpaired) electrons. The number of hydrogen-bond donors (Lipinski definition) is 0. The summed E-state index contributed by atoms with van der Waals surface area (Å²) in [6.45, 7) is 0. The molecule has 1 rings (SSSR count). The monoisotopic (exact) mass is 108 g/mol. The zero-order chi connectivity index (χ0) is 5.98. The summed E-state index contributed by atoms with van der Waals surface area (Å²) in [5.74, 6) is 2.03. The Hall–Kier alpha value is 0.130. The summed E-state index contributed by atoms with van der Waals surface area (Å²) in [5, 5.41) is 0. The van der Waals surface area contributed by atoms with E-state index in [2.05, 4.69) is 15.7 Å². The molecule has 0 amide bonds. The highest BCUT2D eigenvalue weighted by atomic mass is 14.1. The van der Waals surface area contributed by atoms with Gasteiger partial charge in [-0.2, -0.15) is 0 Å². The molecule has 8 heavy (non-hydrogen) atoms. The molecule has 44 valence electrons. The van der Waals surface area contributed by atoms with Crippen LogP contribution in [0, 0.1) is 0 Å². The Morgan fingerprint density at radius 2 is 1.50 bits per heavy atom. The van der Waals surface area contributed by atoms with E-state index in [0.717, 1.165) is 11.6 Å². The summed E-state index contributed by atoms with van der Waals surface area (Å²) < 4.78 is 0. The van der Waals surface area contributed by atoms with E-state index in [1.54, 1.807) is 0 Å². The Kier molecular flexibility index (Phi) is 2.04. The lowest BCUT2D eigenvalue weighted by molar-refractivity contribution is 0.504. The molecule has 0 aromatic rings. The van der Waals surface area contributed by atoms with Gasteiger partial charge in [0.05, 0.1) is 0 Å². The van der Waals surface area contributed by atoms with Crippen LogP contribution in [0.5, 0.6) is 0 Å². The topological polar surface area (TPSA) is 0 Å². The molecular weight excluding hydrogens is 93.7 g/mol. The lowest BCUT2D eigenvalue weighted by Crippen LogP contribution is -2.06. The van der Waals surface area contributed by atoms with Crippen LogP contribution in [0.15, 0.2) is 0 Å². The second kappa shape index (κ2) is 2.61. The van der Waals surface area contributed by atoms with Crippen molar-refractivity contribution in [2.75, 3.05) is 0 Å². The summed E-state index contributed by atoms with van der Waals surface area (Å²) in [4.78, 5) is 0. The first-order chi connectivity index (χ1) is 3.79. The molecule has 0 aromatic carbocycles. The predicted octanol–water partition coefficient (Wildman–Crippen LogP) is 0.404. The van der Waals surface area contributed by atoms with Crippen molar-refractivity contribution in [1.82, 2.24) is 0 Å². The summed E-state index contributed by atoms with van der Waals surface area (Å²) in [7, 11) is 4.74. The molecule has 0 saturated heterocycles. The van der Waals surface area contributed by atoms with E-state index in [1.165, 1.54) is 25.7 Å². The third-order valence-electron chi connectivity index (χ3n) is 2.20.